The summed E-state index contributed by atoms with van der Waals surface area (Å²) in [5.41, 5.74) is 2.33. The van der Waals surface area contributed by atoms with E-state index in [0.29, 0.717) is 19.6 Å². The smallest absolute Gasteiger partial charge is 0.191 e. The minimum absolute atomic E-state index is 0.0401. The van der Waals surface area contributed by atoms with Crippen LogP contribution in [0.4, 0.5) is 0 Å². The quantitative estimate of drug-likeness (QED) is 0.418. The van der Waals surface area contributed by atoms with Crippen molar-refractivity contribution in [1.29, 1.82) is 0 Å². The molecule has 0 amide bonds. The maximum absolute atomic E-state index is 5.94. The average molecular weight is 409 g/mol. The molecule has 0 saturated heterocycles. The summed E-state index contributed by atoms with van der Waals surface area (Å²) in [6, 6.07) is 15.9. The molecule has 2 N–H and O–H groups in total. The predicted molar refractivity (Wildman–Crippen MR) is 117 cm³/mol. The van der Waals surface area contributed by atoms with Gasteiger partial charge in [-0.3, -0.25) is 4.99 Å². The molecule has 0 aliphatic rings. The Hall–Kier alpha value is -3.55. The Morgan fingerprint density at radius 2 is 1.90 bits per heavy atom. The summed E-state index contributed by atoms with van der Waals surface area (Å²) >= 11 is 0. The summed E-state index contributed by atoms with van der Waals surface area (Å²) in [7, 11) is 3.40. The van der Waals surface area contributed by atoms with Gasteiger partial charge in [0.25, 0.3) is 0 Å². The molecule has 1 atom stereocenters. The third kappa shape index (κ3) is 6.51. The van der Waals surface area contributed by atoms with Gasteiger partial charge in [0.2, 0.25) is 0 Å². The first-order valence-corrected chi connectivity index (χ1v) is 9.81. The maximum Gasteiger partial charge on any atom is 0.191 e. The van der Waals surface area contributed by atoms with E-state index >= 15 is 0 Å². The second-order valence-corrected chi connectivity index (χ2v) is 6.83. The molecule has 0 saturated carbocycles. The molecule has 0 spiro atoms. The van der Waals surface area contributed by atoms with E-state index in [4.69, 9.17) is 9.47 Å². The lowest BCUT2D eigenvalue weighted by atomic mass is 10.1. The Balaban J connectivity index is 1.46. The molecule has 158 valence electrons. The van der Waals surface area contributed by atoms with Crippen LogP contribution >= 0.6 is 0 Å². The highest BCUT2D eigenvalue weighted by Gasteiger charge is 2.07. The summed E-state index contributed by atoms with van der Waals surface area (Å²) in [5.74, 6) is 2.27. The van der Waals surface area contributed by atoms with Gasteiger partial charge in [0.15, 0.2) is 5.96 Å². The zero-order valence-corrected chi connectivity index (χ0v) is 17.6. The van der Waals surface area contributed by atoms with Gasteiger partial charge in [-0.1, -0.05) is 30.3 Å². The second-order valence-electron chi connectivity index (χ2n) is 6.83. The zero-order chi connectivity index (χ0) is 21.2. The molecule has 1 heterocycles. The van der Waals surface area contributed by atoms with Gasteiger partial charge in [-0.25, -0.2) is 9.67 Å². The Morgan fingerprint density at radius 3 is 2.67 bits per heavy atom. The van der Waals surface area contributed by atoms with Crippen molar-refractivity contribution in [1.82, 2.24) is 25.4 Å². The lowest BCUT2D eigenvalue weighted by Crippen LogP contribution is -2.41. The molecule has 3 aromatic rings. The van der Waals surface area contributed by atoms with Gasteiger partial charge in [0.05, 0.1) is 20.2 Å². The number of hydrogen-bond acceptors (Lipinski definition) is 5. The number of ether oxygens (including phenoxy) is 2. The third-order valence-corrected chi connectivity index (χ3v) is 4.42. The van der Waals surface area contributed by atoms with Crippen molar-refractivity contribution in [2.45, 2.75) is 26.1 Å². The summed E-state index contributed by atoms with van der Waals surface area (Å²) in [6.07, 6.45) is 3.22. The fourth-order valence-corrected chi connectivity index (χ4v) is 2.93. The number of benzene rings is 2. The first-order chi connectivity index (χ1) is 14.7. The molecule has 1 unspecified atom stereocenters. The summed E-state index contributed by atoms with van der Waals surface area (Å²) < 4.78 is 13.0. The van der Waals surface area contributed by atoms with Crippen molar-refractivity contribution in [3.63, 3.8) is 0 Å². The first-order valence-electron chi connectivity index (χ1n) is 9.81. The largest absolute Gasteiger partial charge is 0.497 e. The van der Waals surface area contributed by atoms with E-state index in [1.54, 1.807) is 31.5 Å². The van der Waals surface area contributed by atoms with Crippen molar-refractivity contribution >= 4 is 5.96 Å². The van der Waals surface area contributed by atoms with Gasteiger partial charge in [-0.2, -0.15) is 5.10 Å². The van der Waals surface area contributed by atoms with Crippen LogP contribution in [0.1, 0.15) is 18.1 Å². The standard InChI is InChI=1S/C22H28N6O2/c1-17(30-21-9-5-8-20(11-21)29-3)12-25-22(23-2)26-13-18-6-4-7-19(10-18)14-28-16-24-15-27-28/h4-11,15-17H,12-14H2,1-3H3,(H2,23,25,26). The molecule has 0 fully saturated rings. The fourth-order valence-electron chi connectivity index (χ4n) is 2.93. The summed E-state index contributed by atoms with van der Waals surface area (Å²) in [5, 5.41) is 10.8. The number of methoxy groups -OCH3 is 1. The van der Waals surface area contributed by atoms with Crippen LogP contribution in [0.25, 0.3) is 0 Å². The normalized spacial score (nSPS) is 12.3. The summed E-state index contributed by atoms with van der Waals surface area (Å²) in [6.45, 7) is 3.98. The number of guanidine groups is 1. The minimum Gasteiger partial charge on any atom is -0.497 e. The highest BCUT2D eigenvalue weighted by molar-refractivity contribution is 5.79. The Morgan fingerprint density at radius 1 is 1.10 bits per heavy atom. The van der Waals surface area contributed by atoms with E-state index in [9.17, 15) is 0 Å². The Bertz CT molecular complexity index is 942. The lowest BCUT2D eigenvalue weighted by Gasteiger charge is -2.18. The number of aliphatic imine (C=N–C) groups is 1. The van der Waals surface area contributed by atoms with Crippen molar-refractivity contribution in [2.75, 3.05) is 20.7 Å². The van der Waals surface area contributed by atoms with Crippen LogP contribution in [0.15, 0.2) is 66.2 Å². The highest BCUT2D eigenvalue weighted by Crippen LogP contribution is 2.19. The Labute approximate surface area is 177 Å². The lowest BCUT2D eigenvalue weighted by molar-refractivity contribution is 0.223. The first kappa shape index (κ1) is 21.2. The second kappa shape index (κ2) is 10.8. The highest BCUT2D eigenvalue weighted by atomic mass is 16.5. The van der Waals surface area contributed by atoms with Gasteiger partial charge >= 0.3 is 0 Å². The molecule has 8 heteroatoms. The van der Waals surface area contributed by atoms with Crippen LogP contribution in [0.3, 0.4) is 0 Å². The van der Waals surface area contributed by atoms with Crippen molar-refractivity contribution in [2.24, 2.45) is 4.99 Å². The van der Waals surface area contributed by atoms with E-state index in [0.717, 1.165) is 23.0 Å². The number of aromatic nitrogens is 3. The summed E-state index contributed by atoms with van der Waals surface area (Å²) in [4.78, 5) is 8.27. The minimum atomic E-state index is -0.0401. The predicted octanol–water partition coefficient (Wildman–Crippen LogP) is 2.47. The van der Waals surface area contributed by atoms with Gasteiger partial charge < -0.3 is 20.1 Å². The van der Waals surface area contributed by atoms with Gasteiger partial charge in [0, 0.05) is 19.7 Å². The van der Waals surface area contributed by atoms with E-state index in [-0.39, 0.29) is 6.10 Å². The van der Waals surface area contributed by atoms with Crippen LogP contribution in [-0.4, -0.2) is 47.5 Å². The molecule has 0 bridgehead atoms. The molecule has 30 heavy (non-hydrogen) atoms. The fraction of sp³-hybridized carbons (Fsp3) is 0.318. The van der Waals surface area contributed by atoms with E-state index in [1.165, 1.54) is 5.56 Å². The van der Waals surface area contributed by atoms with Gasteiger partial charge in [0.1, 0.15) is 30.3 Å². The molecular formula is C22H28N6O2. The number of hydrogen-bond donors (Lipinski definition) is 2. The monoisotopic (exact) mass is 408 g/mol. The molecular weight excluding hydrogens is 380 g/mol. The van der Waals surface area contributed by atoms with E-state index in [2.05, 4.69) is 43.9 Å². The topological polar surface area (TPSA) is 85.6 Å². The maximum atomic E-state index is 5.94. The molecule has 1 aromatic heterocycles. The molecule has 8 nitrogen and oxygen atoms in total. The number of nitrogens with one attached hydrogen (secondary N) is 2. The van der Waals surface area contributed by atoms with Crippen LogP contribution in [0.2, 0.25) is 0 Å². The van der Waals surface area contributed by atoms with Crippen LogP contribution < -0.4 is 20.1 Å². The van der Waals surface area contributed by atoms with Crippen LogP contribution in [0, 0.1) is 0 Å². The number of rotatable bonds is 9. The molecule has 2 aromatic carbocycles. The third-order valence-electron chi connectivity index (χ3n) is 4.42. The van der Waals surface area contributed by atoms with Crippen molar-refractivity contribution in [3.8, 4) is 11.5 Å². The zero-order valence-electron chi connectivity index (χ0n) is 17.6. The Kier molecular flexibility index (Phi) is 7.65. The van der Waals surface area contributed by atoms with Crippen LogP contribution in [-0.2, 0) is 13.1 Å². The van der Waals surface area contributed by atoms with Gasteiger partial charge in [-0.05, 0) is 30.2 Å². The molecule has 0 aliphatic carbocycles. The average Bonchev–Trinajstić information content (AvgIpc) is 3.27. The van der Waals surface area contributed by atoms with Crippen molar-refractivity contribution < 1.29 is 9.47 Å². The van der Waals surface area contributed by atoms with Crippen molar-refractivity contribution in [3.05, 3.63) is 72.3 Å². The molecule has 0 radical (unpaired) electrons. The van der Waals surface area contributed by atoms with Crippen LogP contribution in [0.5, 0.6) is 11.5 Å². The number of nitrogens with zero attached hydrogens (tertiary/aromatic N) is 4. The molecule has 0 aliphatic heterocycles. The molecule has 3 rings (SSSR count). The SMILES string of the molecule is CN=C(NCc1cccc(Cn2cncn2)c1)NCC(C)Oc1cccc(OC)c1. The van der Waals surface area contributed by atoms with E-state index < -0.39 is 0 Å². The van der Waals surface area contributed by atoms with E-state index in [1.807, 2.05) is 37.3 Å². The van der Waals surface area contributed by atoms with Gasteiger partial charge in [-0.15, -0.1) is 0 Å².